The number of aromatic nitrogens is 3. The van der Waals surface area contributed by atoms with Gasteiger partial charge in [0.1, 0.15) is 11.3 Å². The number of imidazole rings is 1. The monoisotopic (exact) mass is 227 g/mol. The van der Waals surface area contributed by atoms with E-state index in [1.54, 1.807) is 18.3 Å². The van der Waals surface area contributed by atoms with Crippen LogP contribution >= 0.6 is 0 Å². The standard InChI is InChI=1S/C13H10FN3/c1-8-9(4-3-7-15-8)13-16-11-6-2-5-10(14)12(11)17-13/h2-7H,1H3,(H,16,17). The number of aromatic amines is 1. The van der Waals surface area contributed by atoms with Crippen LogP contribution in [0.4, 0.5) is 4.39 Å². The Morgan fingerprint density at radius 1 is 1.18 bits per heavy atom. The van der Waals surface area contributed by atoms with Gasteiger partial charge >= 0.3 is 0 Å². The number of benzene rings is 1. The molecule has 0 aliphatic heterocycles. The van der Waals surface area contributed by atoms with Gasteiger partial charge in [0, 0.05) is 17.5 Å². The fraction of sp³-hybridized carbons (Fsp3) is 0.0769. The van der Waals surface area contributed by atoms with E-state index in [0.717, 1.165) is 11.3 Å². The molecule has 3 rings (SSSR count). The van der Waals surface area contributed by atoms with Crippen molar-refractivity contribution in [3.8, 4) is 11.4 Å². The van der Waals surface area contributed by atoms with Gasteiger partial charge in [0.15, 0.2) is 5.82 Å². The minimum Gasteiger partial charge on any atom is -0.338 e. The van der Waals surface area contributed by atoms with Crippen molar-refractivity contribution in [3.63, 3.8) is 0 Å². The minimum atomic E-state index is -0.313. The first-order chi connectivity index (χ1) is 8.25. The number of hydrogen-bond acceptors (Lipinski definition) is 2. The van der Waals surface area contributed by atoms with Crippen molar-refractivity contribution in [2.75, 3.05) is 0 Å². The second-order valence-corrected chi connectivity index (χ2v) is 3.86. The molecular formula is C13H10FN3. The zero-order chi connectivity index (χ0) is 11.8. The summed E-state index contributed by atoms with van der Waals surface area (Å²) < 4.78 is 13.5. The molecule has 0 atom stereocenters. The maximum absolute atomic E-state index is 13.5. The summed E-state index contributed by atoms with van der Waals surface area (Å²) in [5.74, 6) is 0.335. The molecule has 3 nitrogen and oxygen atoms in total. The van der Waals surface area contributed by atoms with Crippen LogP contribution in [0.1, 0.15) is 5.69 Å². The van der Waals surface area contributed by atoms with Crippen LogP contribution in [0.3, 0.4) is 0 Å². The lowest BCUT2D eigenvalue weighted by molar-refractivity contribution is 0.637. The van der Waals surface area contributed by atoms with E-state index in [4.69, 9.17) is 0 Å². The second kappa shape index (κ2) is 3.66. The lowest BCUT2D eigenvalue weighted by atomic mass is 10.2. The summed E-state index contributed by atoms with van der Waals surface area (Å²) in [4.78, 5) is 11.6. The van der Waals surface area contributed by atoms with Crippen LogP contribution in [0, 0.1) is 12.7 Å². The number of fused-ring (bicyclic) bond motifs is 1. The van der Waals surface area contributed by atoms with Crippen molar-refractivity contribution < 1.29 is 4.39 Å². The van der Waals surface area contributed by atoms with Crippen LogP contribution in [-0.4, -0.2) is 15.0 Å². The van der Waals surface area contributed by atoms with E-state index in [2.05, 4.69) is 15.0 Å². The highest BCUT2D eigenvalue weighted by Gasteiger charge is 2.10. The van der Waals surface area contributed by atoms with Gasteiger partial charge in [0.2, 0.25) is 0 Å². The number of aryl methyl sites for hydroxylation is 1. The number of rotatable bonds is 1. The van der Waals surface area contributed by atoms with Gasteiger partial charge in [0.05, 0.1) is 5.52 Å². The van der Waals surface area contributed by atoms with Crippen LogP contribution in [0.5, 0.6) is 0 Å². The summed E-state index contributed by atoms with van der Waals surface area (Å²) in [7, 11) is 0. The molecule has 1 N–H and O–H groups in total. The van der Waals surface area contributed by atoms with Gasteiger partial charge in [-0.15, -0.1) is 0 Å². The number of pyridine rings is 1. The molecule has 2 aromatic heterocycles. The van der Waals surface area contributed by atoms with Gasteiger partial charge in [-0.1, -0.05) is 6.07 Å². The molecule has 1 aromatic carbocycles. The van der Waals surface area contributed by atoms with E-state index in [1.165, 1.54) is 6.07 Å². The average Bonchev–Trinajstić information content (AvgIpc) is 2.75. The summed E-state index contributed by atoms with van der Waals surface area (Å²) in [6.45, 7) is 1.90. The van der Waals surface area contributed by atoms with E-state index in [9.17, 15) is 4.39 Å². The number of hydrogen-bond donors (Lipinski definition) is 1. The zero-order valence-electron chi connectivity index (χ0n) is 9.24. The number of para-hydroxylation sites is 1. The largest absolute Gasteiger partial charge is 0.338 e. The minimum absolute atomic E-state index is 0.313. The normalized spacial score (nSPS) is 10.9. The van der Waals surface area contributed by atoms with Crippen molar-refractivity contribution in [1.82, 2.24) is 15.0 Å². The summed E-state index contributed by atoms with van der Waals surface area (Å²) in [6, 6.07) is 8.63. The van der Waals surface area contributed by atoms with Crippen LogP contribution in [-0.2, 0) is 0 Å². The molecule has 0 unspecified atom stereocenters. The Morgan fingerprint density at radius 2 is 2.06 bits per heavy atom. The molecule has 17 heavy (non-hydrogen) atoms. The Kier molecular flexibility index (Phi) is 2.14. The fourth-order valence-electron chi connectivity index (χ4n) is 1.86. The topological polar surface area (TPSA) is 41.6 Å². The lowest BCUT2D eigenvalue weighted by Gasteiger charge is -1.99. The predicted octanol–water partition coefficient (Wildman–Crippen LogP) is 3.07. The number of nitrogens with one attached hydrogen (secondary N) is 1. The Labute approximate surface area is 97.3 Å². The summed E-state index contributed by atoms with van der Waals surface area (Å²) >= 11 is 0. The first-order valence-electron chi connectivity index (χ1n) is 5.32. The molecule has 0 saturated carbocycles. The third-order valence-electron chi connectivity index (χ3n) is 2.73. The third-order valence-corrected chi connectivity index (χ3v) is 2.73. The molecule has 0 spiro atoms. The summed E-state index contributed by atoms with van der Waals surface area (Å²) in [6.07, 6.45) is 1.72. The Balaban J connectivity index is 2.26. The zero-order valence-corrected chi connectivity index (χ0v) is 9.24. The average molecular weight is 227 g/mol. The fourth-order valence-corrected chi connectivity index (χ4v) is 1.86. The van der Waals surface area contributed by atoms with Crippen molar-refractivity contribution in [1.29, 1.82) is 0 Å². The molecule has 4 heteroatoms. The molecule has 0 fully saturated rings. The maximum atomic E-state index is 13.5. The highest BCUT2D eigenvalue weighted by molar-refractivity contribution is 5.80. The molecule has 0 saturated heterocycles. The number of H-pyrrole nitrogens is 1. The number of halogens is 1. The van der Waals surface area contributed by atoms with Crippen LogP contribution in [0.2, 0.25) is 0 Å². The van der Waals surface area contributed by atoms with Crippen LogP contribution < -0.4 is 0 Å². The molecule has 0 radical (unpaired) electrons. The van der Waals surface area contributed by atoms with E-state index in [1.807, 2.05) is 19.1 Å². The van der Waals surface area contributed by atoms with Crippen molar-refractivity contribution in [3.05, 3.63) is 48.0 Å². The Morgan fingerprint density at radius 3 is 2.82 bits per heavy atom. The van der Waals surface area contributed by atoms with Crippen LogP contribution in [0.25, 0.3) is 22.4 Å². The number of nitrogens with zero attached hydrogens (tertiary/aromatic N) is 2. The van der Waals surface area contributed by atoms with Gasteiger partial charge in [-0.25, -0.2) is 9.37 Å². The molecule has 0 aliphatic carbocycles. The molecular weight excluding hydrogens is 217 g/mol. The van der Waals surface area contributed by atoms with Crippen LogP contribution in [0.15, 0.2) is 36.5 Å². The van der Waals surface area contributed by atoms with Crippen molar-refractivity contribution in [2.45, 2.75) is 6.92 Å². The predicted molar refractivity (Wildman–Crippen MR) is 64.0 cm³/mol. The van der Waals surface area contributed by atoms with Crippen molar-refractivity contribution >= 4 is 11.0 Å². The van der Waals surface area contributed by atoms with Gasteiger partial charge < -0.3 is 4.98 Å². The van der Waals surface area contributed by atoms with Gasteiger partial charge in [-0.2, -0.15) is 0 Å². The van der Waals surface area contributed by atoms with Crippen molar-refractivity contribution in [2.24, 2.45) is 0 Å². The maximum Gasteiger partial charge on any atom is 0.151 e. The molecule has 2 heterocycles. The molecule has 0 aliphatic rings. The first-order valence-corrected chi connectivity index (χ1v) is 5.32. The third kappa shape index (κ3) is 1.58. The highest BCUT2D eigenvalue weighted by Crippen LogP contribution is 2.23. The van der Waals surface area contributed by atoms with E-state index >= 15 is 0 Å². The van der Waals surface area contributed by atoms with Gasteiger partial charge in [-0.3, -0.25) is 4.98 Å². The molecule has 84 valence electrons. The highest BCUT2D eigenvalue weighted by atomic mass is 19.1. The van der Waals surface area contributed by atoms with Gasteiger partial charge in [0.25, 0.3) is 0 Å². The molecule has 3 aromatic rings. The van der Waals surface area contributed by atoms with Gasteiger partial charge in [-0.05, 0) is 31.2 Å². The molecule has 0 amide bonds. The summed E-state index contributed by atoms with van der Waals surface area (Å²) in [5, 5.41) is 0. The Bertz CT molecular complexity index is 688. The first kappa shape index (κ1) is 9.96. The SMILES string of the molecule is Cc1ncccc1-c1nc2c(F)cccc2[nH]1. The lowest BCUT2D eigenvalue weighted by Crippen LogP contribution is -1.87. The smallest absolute Gasteiger partial charge is 0.151 e. The summed E-state index contributed by atoms with van der Waals surface area (Å²) in [5.41, 5.74) is 2.82. The quantitative estimate of drug-likeness (QED) is 0.694. The molecule has 0 bridgehead atoms. The second-order valence-electron chi connectivity index (χ2n) is 3.86. The van der Waals surface area contributed by atoms with E-state index < -0.39 is 0 Å². The Hall–Kier alpha value is -2.23. The van der Waals surface area contributed by atoms with E-state index in [0.29, 0.717) is 16.9 Å². The van der Waals surface area contributed by atoms with E-state index in [-0.39, 0.29) is 5.82 Å².